The molecular weight excluding hydrogens is 228 g/mol. The Balaban J connectivity index is 1.76. The largest absolute Gasteiger partial charge is 0.289 e. The number of rotatable bonds is 3. The van der Waals surface area contributed by atoms with Gasteiger partial charge >= 0.3 is 0 Å². The number of hydrogen-bond donors (Lipinski definition) is 1. The summed E-state index contributed by atoms with van der Waals surface area (Å²) in [5.41, 5.74) is 2.24. The predicted molar refractivity (Wildman–Crippen MR) is 66.6 cm³/mol. The van der Waals surface area contributed by atoms with Gasteiger partial charge in [0.05, 0.1) is 17.4 Å². The van der Waals surface area contributed by atoms with Crippen molar-refractivity contribution in [3.05, 3.63) is 29.8 Å². The van der Waals surface area contributed by atoms with Crippen LogP contribution in [0.25, 0.3) is 0 Å². The summed E-state index contributed by atoms with van der Waals surface area (Å²) in [5, 5.41) is 15.3. The van der Waals surface area contributed by atoms with E-state index in [9.17, 15) is 0 Å². The molecule has 3 rings (SSSR count). The first-order valence-electron chi connectivity index (χ1n) is 6.41. The summed E-state index contributed by atoms with van der Waals surface area (Å²) in [7, 11) is 1.90. The van der Waals surface area contributed by atoms with Crippen LogP contribution >= 0.6 is 0 Å². The van der Waals surface area contributed by atoms with E-state index in [2.05, 4.69) is 31.5 Å². The summed E-state index contributed by atoms with van der Waals surface area (Å²) in [6.07, 6.45) is 7.52. The van der Waals surface area contributed by atoms with Gasteiger partial charge in [-0.3, -0.25) is 14.7 Å². The van der Waals surface area contributed by atoms with E-state index in [0.29, 0.717) is 6.04 Å². The Morgan fingerprint density at radius 2 is 2.39 bits per heavy atom. The summed E-state index contributed by atoms with van der Waals surface area (Å²) in [4.78, 5) is 2.46. The molecule has 1 fully saturated rings. The minimum Gasteiger partial charge on any atom is -0.289 e. The van der Waals surface area contributed by atoms with Gasteiger partial charge in [-0.15, -0.1) is 5.10 Å². The molecule has 1 N–H and O–H groups in total. The molecule has 1 unspecified atom stereocenters. The summed E-state index contributed by atoms with van der Waals surface area (Å²) < 4.78 is 1.75. The molecule has 0 aromatic carbocycles. The van der Waals surface area contributed by atoms with Crippen LogP contribution in [0.4, 0.5) is 0 Å². The summed E-state index contributed by atoms with van der Waals surface area (Å²) in [6.45, 7) is 1.97. The van der Waals surface area contributed by atoms with E-state index >= 15 is 0 Å². The number of piperidine rings is 1. The third kappa shape index (κ3) is 2.28. The van der Waals surface area contributed by atoms with Crippen molar-refractivity contribution in [1.29, 1.82) is 0 Å². The minimum absolute atomic E-state index is 0.434. The first-order valence-corrected chi connectivity index (χ1v) is 6.41. The third-order valence-electron chi connectivity index (χ3n) is 3.51. The molecule has 1 aliphatic rings. The highest BCUT2D eigenvalue weighted by molar-refractivity contribution is 5.07. The average molecular weight is 246 g/mol. The predicted octanol–water partition coefficient (Wildman–Crippen LogP) is 1.27. The van der Waals surface area contributed by atoms with Gasteiger partial charge in [-0.1, -0.05) is 11.6 Å². The smallest absolute Gasteiger partial charge is 0.0967 e. The molecule has 3 heterocycles. The second-order valence-corrected chi connectivity index (χ2v) is 4.88. The lowest BCUT2D eigenvalue weighted by molar-refractivity contribution is 0.135. The molecule has 2 aromatic rings. The second kappa shape index (κ2) is 4.89. The molecule has 0 spiro atoms. The van der Waals surface area contributed by atoms with Gasteiger partial charge in [0.1, 0.15) is 0 Å². The molecule has 1 saturated heterocycles. The fourth-order valence-electron chi connectivity index (χ4n) is 2.66. The van der Waals surface area contributed by atoms with Crippen LogP contribution in [0.2, 0.25) is 0 Å². The number of likely N-dealkylation sites (tertiary alicyclic amines) is 1. The highest BCUT2D eigenvalue weighted by atomic mass is 15.4. The van der Waals surface area contributed by atoms with Crippen LogP contribution in [0.1, 0.15) is 36.7 Å². The Morgan fingerprint density at radius 1 is 1.44 bits per heavy atom. The number of aromatic amines is 1. The van der Waals surface area contributed by atoms with Crippen molar-refractivity contribution in [2.45, 2.75) is 31.8 Å². The lowest BCUT2D eigenvalue weighted by atomic mass is 9.99. The molecule has 0 aliphatic carbocycles. The zero-order valence-corrected chi connectivity index (χ0v) is 10.6. The maximum Gasteiger partial charge on any atom is 0.0967 e. The third-order valence-corrected chi connectivity index (χ3v) is 3.51. The fourth-order valence-corrected chi connectivity index (χ4v) is 2.66. The van der Waals surface area contributed by atoms with Gasteiger partial charge in [-0.05, 0) is 25.5 Å². The summed E-state index contributed by atoms with van der Waals surface area (Å²) in [5.74, 6) is 0. The van der Waals surface area contributed by atoms with Crippen molar-refractivity contribution >= 4 is 0 Å². The van der Waals surface area contributed by atoms with Gasteiger partial charge in [0, 0.05) is 26.0 Å². The van der Waals surface area contributed by atoms with E-state index < -0.39 is 0 Å². The van der Waals surface area contributed by atoms with Crippen molar-refractivity contribution in [2.24, 2.45) is 7.05 Å². The zero-order valence-electron chi connectivity index (χ0n) is 10.6. The van der Waals surface area contributed by atoms with Gasteiger partial charge in [0.2, 0.25) is 0 Å². The monoisotopic (exact) mass is 246 g/mol. The van der Waals surface area contributed by atoms with Gasteiger partial charge in [-0.2, -0.15) is 5.10 Å². The number of aromatic nitrogens is 5. The molecule has 6 heteroatoms. The van der Waals surface area contributed by atoms with E-state index in [1.54, 1.807) is 4.68 Å². The number of aryl methyl sites for hydroxylation is 1. The molecule has 0 saturated carbocycles. The Hall–Kier alpha value is -1.69. The first kappa shape index (κ1) is 11.4. The first-order chi connectivity index (χ1) is 8.83. The van der Waals surface area contributed by atoms with Gasteiger partial charge in [0.15, 0.2) is 0 Å². The van der Waals surface area contributed by atoms with Crippen LogP contribution in [-0.2, 0) is 13.6 Å². The topological polar surface area (TPSA) is 62.6 Å². The maximum atomic E-state index is 4.17. The normalized spacial score (nSPS) is 21.3. The number of nitrogens with zero attached hydrogens (tertiary/aromatic N) is 5. The highest BCUT2D eigenvalue weighted by Gasteiger charge is 2.25. The second-order valence-electron chi connectivity index (χ2n) is 4.88. The van der Waals surface area contributed by atoms with Crippen molar-refractivity contribution < 1.29 is 0 Å². The van der Waals surface area contributed by atoms with Crippen LogP contribution in [-0.4, -0.2) is 36.6 Å². The Kier molecular flexibility index (Phi) is 3.10. The van der Waals surface area contributed by atoms with Gasteiger partial charge in [-0.25, -0.2) is 0 Å². The van der Waals surface area contributed by atoms with Crippen molar-refractivity contribution in [1.82, 2.24) is 30.1 Å². The van der Waals surface area contributed by atoms with Crippen LogP contribution in [0.3, 0.4) is 0 Å². The molecule has 1 atom stereocenters. The van der Waals surface area contributed by atoms with Crippen molar-refractivity contribution in [3.8, 4) is 0 Å². The highest BCUT2D eigenvalue weighted by Crippen LogP contribution is 2.30. The standard InChI is InChI=1S/C12H18N6/c1-17-8-10(14-16-17)9-18-7-3-2-4-12(18)11-5-6-13-15-11/h5-6,8,12H,2-4,7,9H2,1H3,(H,13,15). The zero-order chi connectivity index (χ0) is 12.4. The molecule has 18 heavy (non-hydrogen) atoms. The van der Waals surface area contributed by atoms with E-state index in [4.69, 9.17) is 0 Å². The van der Waals surface area contributed by atoms with E-state index in [-0.39, 0.29) is 0 Å². The average Bonchev–Trinajstić information content (AvgIpc) is 3.02. The quantitative estimate of drug-likeness (QED) is 0.885. The van der Waals surface area contributed by atoms with Crippen LogP contribution in [0.5, 0.6) is 0 Å². The molecular formula is C12H18N6. The number of nitrogens with one attached hydrogen (secondary N) is 1. The Bertz CT molecular complexity index is 488. The Morgan fingerprint density at radius 3 is 3.11 bits per heavy atom. The van der Waals surface area contributed by atoms with E-state index in [1.807, 2.05) is 19.4 Å². The van der Waals surface area contributed by atoms with Crippen molar-refractivity contribution in [2.75, 3.05) is 6.54 Å². The molecule has 0 amide bonds. The molecule has 0 radical (unpaired) electrons. The SMILES string of the molecule is Cn1cc(CN2CCCCC2c2ccn[nH]2)nn1. The number of H-pyrrole nitrogens is 1. The van der Waals surface area contributed by atoms with Crippen molar-refractivity contribution in [3.63, 3.8) is 0 Å². The van der Waals surface area contributed by atoms with Crippen LogP contribution in [0.15, 0.2) is 18.5 Å². The van der Waals surface area contributed by atoms with Gasteiger partial charge in [0.25, 0.3) is 0 Å². The molecule has 0 bridgehead atoms. The number of hydrogen-bond acceptors (Lipinski definition) is 4. The lowest BCUT2D eigenvalue weighted by Gasteiger charge is -2.34. The van der Waals surface area contributed by atoms with Crippen LogP contribution in [0, 0.1) is 0 Å². The fraction of sp³-hybridized carbons (Fsp3) is 0.583. The van der Waals surface area contributed by atoms with E-state index in [0.717, 1.165) is 18.8 Å². The molecule has 1 aliphatic heterocycles. The van der Waals surface area contributed by atoms with E-state index in [1.165, 1.54) is 25.0 Å². The Labute approximate surface area is 106 Å². The molecule has 2 aromatic heterocycles. The minimum atomic E-state index is 0.434. The van der Waals surface area contributed by atoms with Gasteiger partial charge < -0.3 is 0 Å². The maximum absolute atomic E-state index is 4.17. The van der Waals surface area contributed by atoms with Crippen LogP contribution < -0.4 is 0 Å². The lowest BCUT2D eigenvalue weighted by Crippen LogP contribution is -2.33. The summed E-state index contributed by atoms with van der Waals surface area (Å²) >= 11 is 0. The molecule has 6 nitrogen and oxygen atoms in total. The molecule has 96 valence electrons. The summed E-state index contributed by atoms with van der Waals surface area (Å²) in [6, 6.07) is 2.50.